The molecule has 0 aliphatic carbocycles. The second-order valence-corrected chi connectivity index (χ2v) is 4.62. The van der Waals surface area contributed by atoms with E-state index in [2.05, 4.69) is 0 Å². The van der Waals surface area contributed by atoms with Gasteiger partial charge in [0.25, 0.3) is 0 Å². The van der Waals surface area contributed by atoms with E-state index in [9.17, 15) is 5.11 Å². The van der Waals surface area contributed by atoms with Crippen LogP contribution in [0.3, 0.4) is 0 Å². The maximum atomic E-state index is 10.2. The molecule has 0 aromatic heterocycles. The third-order valence-electron chi connectivity index (χ3n) is 2.83. The Kier molecular flexibility index (Phi) is 4.33. The van der Waals surface area contributed by atoms with Crippen LogP contribution in [0, 0.1) is 6.92 Å². The number of phenolic OH excluding ortho intramolecular Hbond substituents is 1. The monoisotopic (exact) mass is 223 g/mol. The molecule has 0 amide bonds. The molecule has 1 atom stereocenters. The average molecular weight is 223 g/mol. The summed E-state index contributed by atoms with van der Waals surface area (Å²) in [6.45, 7) is 4.66. The van der Waals surface area contributed by atoms with Gasteiger partial charge in [-0.25, -0.2) is 0 Å². The summed E-state index contributed by atoms with van der Waals surface area (Å²) in [6, 6.07) is 3.89. The van der Waals surface area contributed by atoms with Gasteiger partial charge < -0.3 is 15.1 Å². The van der Waals surface area contributed by atoms with Crippen LogP contribution >= 0.6 is 0 Å². The number of rotatable bonds is 4. The van der Waals surface area contributed by atoms with Gasteiger partial charge in [0.1, 0.15) is 5.75 Å². The lowest BCUT2D eigenvalue weighted by atomic mass is 9.95. The van der Waals surface area contributed by atoms with E-state index >= 15 is 0 Å². The standard InChI is InChI=1S/C13H21NO2/c1-9-5-6-11(10(2)8-15)13(16)12(9)7-14(3)4/h5-6,10,15-16H,7-8H2,1-4H3. The molecule has 0 spiro atoms. The lowest BCUT2D eigenvalue weighted by molar-refractivity contribution is 0.270. The molecule has 1 aromatic rings. The van der Waals surface area contributed by atoms with Crippen LogP contribution < -0.4 is 0 Å². The zero-order valence-electron chi connectivity index (χ0n) is 10.5. The summed E-state index contributed by atoms with van der Waals surface area (Å²) in [4.78, 5) is 2.02. The number of aromatic hydroxyl groups is 1. The molecule has 0 aliphatic heterocycles. The first-order chi connectivity index (χ1) is 7.47. The summed E-state index contributed by atoms with van der Waals surface area (Å²) >= 11 is 0. The van der Waals surface area contributed by atoms with Gasteiger partial charge in [-0.15, -0.1) is 0 Å². The van der Waals surface area contributed by atoms with Gasteiger partial charge in [0.2, 0.25) is 0 Å². The number of aliphatic hydroxyl groups excluding tert-OH is 1. The van der Waals surface area contributed by atoms with Crippen LogP contribution in [-0.4, -0.2) is 35.8 Å². The maximum absolute atomic E-state index is 10.2. The van der Waals surface area contributed by atoms with Gasteiger partial charge in [-0.3, -0.25) is 0 Å². The van der Waals surface area contributed by atoms with Crippen LogP contribution in [0.2, 0.25) is 0 Å². The lowest BCUT2D eigenvalue weighted by Crippen LogP contribution is -2.13. The number of benzene rings is 1. The van der Waals surface area contributed by atoms with Crippen molar-refractivity contribution in [2.75, 3.05) is 20.7 Å². The summed E-state index contributed by atoms with van der Waals surface area (Å²) in [6.07, 6.45) is 0. The van der Waals surface area contributed by atoms with Crippen molar-refractivity contribution in [1.29, 1.82) is 0 Å². The van der Waals surface area contributed by atoms with Crippen LogP contribution in [0.1, 0.15) is 29.5 Å². The molecule has 2 N–H and O–H groups in total. The molecular formula is C13H21NO2. The quantitative estimate of drug-likeness (QED) is 0.819. The van der Waals surface area contributed by atoms with Gasteiger partial charge in [-0.2, -0.15) is 0 Å². The van der Waals surface area contributed by atoms with E-state index in [1.54, 1.807) is 0 Å². The zero-order chi connectivity index (χ0) is 12.3. The molecule has 3 heteroatoms. The minimum absolute atomic E-state index is 0.0264. The van der Waals surface area contributed by atoms with E-state index in [0.717, 1.165) is 16.7 Å². The fraction of sp³-hybridized carbons (Fsp3) is 0.538. The smallest absolute Gasteiger partial charge is 0.123 e. The zero-order valence-corrected chi connectivity index (χ0v) is 10.5. The molecule has 0 bridgehead atoms. The number of aliphatic hydroxyl groups is 1. The Hall–Kier alpha value is -1.06. The van der Waals surface area contributed by atoms with Crippen molar-refractivity contribution in [3.05, 3.63) is 28.8 Å². The Labute approximate surface area is 97.3 Å². The van der Waals surface area contributed by atoms with Crippen molar-refractivity contribution in [2.45, 2.75) is 26.3 Å². The highest BCUT2D eigenvalue weighted by atomic mass is 16.3. The summed E-state index contributed by atoms with van der Waals surface area (Å²) < 4.78 is 0. The normalized spacial score (nSPS) is 13.1. The van der Waals surface area contributed by atoms with Crippen molar-refractivity contribution in [3.63, 3.8) is 0 Å². The third kappa shape index (κ3) is 2.74. The fourth-order valence-electron chi connectivity index (χ4n) is 1.77. The Morgan fingerprint density at radius 3 is 2.44 bits per heavy atom. The van der Waals surface area contributed by atoms with E-state index in [-0.39, 0.29) is 12.5 Å². The van der Waals surface area contributed by atoms with Crippen molar-refractivity contribution in [1.82, 2.24) is 4.90 Å². The van der Waals surface area contributed by atoms with E-state index in [4.69, 9.17) is 5.11 Å². The SMILES string of the molecule is Cc1ccc(C(C)CO)c(O)c1CN(C)C. The minimum Gasteiger partial charge on any atom is -0.507 e. The highest BCUT2D eigenvalue weighted by Crippen LogP contribution is 2.31. The number of hydrogen-bond donors (Lipinski definition) is 2. The Morgan fingerprint density at radius 2 is 1.94 bits per heavy atom. The van der Waals surface area contributed by atoms with E-state index < -0.39 is 0 Å². The molecule has 0 aliphatic rings. The van der Waals surface area contributed by atoms with Crippen LogP contribution in [0.4, 0.5) is 0 Å². The predicted molar refractivity (Wildman–Crippen MR) is 65.7 cm³/mol. The van der Waals surface area contributed by atoms with Crippen molar-refractivity contribution < 1.29 is 10.2 Å². The first-order valence-electron chi connectivity index (χ1n) is 5.54. The highest BCUT2D eigenvalue weighted by Gasteiger charge is 2.15. The van der Waals surface area contributed by atoms with E-state index in [0.29, 0.717) is 12.3 Å². The highest BCUT2D eigenvalue weighted by molar-refractivity contribution is 5.46. The van der Waals surface area contributed by atoms with Gasteiger partial charge in [-0.1, -0.05) is 19.1 Å². The van der Waals surface area contributed by atoms with Gasteiger partial charge in [0, 0.05) is 24.6 Å². The average Bonchev–Trinajstić information content (AvgIpc) is 2.23. The summed E-state index contributed by atoms with van der Waals surface area (Å²) in [5, 5.41) is 19.3. The molecule has 0 saturated heterocycles. The van der Waals surface area contributed by atoms with Gasteiger partial charge in [0.15, 0.2) is 0 Å². The Bertz CT molecular complexity index is 361. The van der Waals surface area contributed by atoms with E-state index in [1.165, 1.54) is 0 Å². The molecule has 0 saturated carbocycles. The largest absolute Gasteiger partial charge is 0.507 e. The maximum Gasteiger partial charge on any atom is 0.123 e. The Morgan fingerprint density at radius 1 is 1.31 bits per heavy atom. The molecule has 1 rings (SSSR count). The van der Waals surface area contributed by atoms with Gasteiger partial charge in [0.05, 0.1) is 0 Å². The molecule has 1 aromatic carbocycles. The third-order valence-corrected chi connectivity index (χ3v) is 2.83. The van der Waals surface area contributed by atoms with Crippen molar-refractivity contribution in [3.8, 4) is 5.75 Å². The summed E-state index contributed by atoms with van der Waals surface area (Å²) in [7, 11) is 3.95. The molecule has 90 valence electrons. The lowest BCUT2D eigenvalue weighted by Gasteiger charge is -2.18. The van der Waals surface area contributed by atoms with Crippen molar-refractivity contribution in [2.24, 2.45) is 0 Å². The topological polar surface area (TPSA) is 43.7 Å². The molecule has 0 radical (unpaired) electrons. The first-order valence-corrected chi connectivity index (χ1v) is 5.54. The first kappa shape index (κ1) is 13.0. The van der Waals surface area contributed by atoms with Crippen LogP contribution in [0.15, 0.2) is 12.1 Å². The van der Waals surface area contributed by atoms with Gasteiger partial charge in [-0.05, 0) is 32.1 Å². The molecular weight excluding hydrogens is 202 g/mol. The molecule has 0 heterocycles. The molecule has 16 heavy (non-hydrogen) atoms. The van der Waals surface area contributed by atoms with Crippen LogP contribution in [0.5, 0.6) is 5.75 Å². The van der Waals surface area contributed by atoms with Gasteiger partial charge >= 0.3 is 0 Å². The number of phenols is 1. The predicted octanol–water partition coefficient (Wildman–Crippen LogP) is 1.86. The second-order valence-electron chi connectivity index (χ2n) is 4.62. The summed E-state index contributed by atoms with van der Waals surface area (Å²) in [5.41, 5.74) is 2.85. The summed E-state index contributed by atoms with van der Waals surface area (Å²) in [5.74, 6) is 0.303. The van der Waals surface area contributed by atoms with Crippen LogP contribution in [0.25, 0.3) is 0 Å². The Balaban J connectivity index is 3.16. The van der Waals surface area contributed by atoms with Crippen molar-refractivity contribution >= 4 is 0 Å². The van der Waals surface area contributed by atoms with Crippen LogP contribution in [-0.2, 0) is 6.54 Å². The number of hydrogen-bond acceptors (Lipinski definition) is 3. The fourth-order valence-corrected chi connectivity index (χ4v) is 1.77. The molecule has 1 unspecified atom stereocenters. The number of nitrogens with zero attached hydrogens (tertiary/aromatic N) is 1. The second kappa shape index (κ2) is 5.32. The molecule has 0 fully saturated rings. The molecule has 3 nitrogen and oxygen atoms in total. The van der Waals surface area contributed by atoms with E-state index in [1.807, 2.05) is 45.0 Å². The minimum atomic E-state index is -0.0264. The number of aryl methyl sites for hydroxylation is 1.